The second-order valence-corrected chi connectivity index (χ2v) is 6.92. The Morgan fingerprint density at radius 2 is 1.79 bits per heavy atom. The van der Waals surface area contributed by atoms with Gasteiger partial charge in [0.15, 0.2) is 5.78 Å². The van der Waals surface area contributed by atoms with Crippen molar-refractivity contribution in [1.82, 2.24) is 9.88 Å². The molecule has 0 saturated carbocycles. The molecule has 3 nitrogen and oxygen atoms in total. The molecule has 0 N–H and O–H groups in total. The maximum Gasteiger partial charge on any atom is 0.223 e. The van der Waals surface area contributed by atoms with E-state index in [2.05, 4.69) is 34.1 Å². The van der Waals surface area contributed by atoms with Gasteiger partial charge in [-0.2, -0.15) is 4.39 Å². The lowest BCUT2D eigenvalue weighted by molar-refractivity contribution is 0.0674. The Morgan fingerprint density at radius 1 is 1.08 bits per heavy atom. The van der Waals surface area contributed by atoms with Gasteiger partial charge in [-0.05, 0) is 43.4 Å². The summed E-state index contributed by atoms with van der Waals surface area (Å²) in [5.41, 5.74) is 1.47. The standard InChI is InChI=1S/C20H21FN2O/c21-20-18(7-4-10-22-20)19(24)15-11-16-8-9-17(12-15)23(16)13-14-5-2-1-3-6-14/h1-7,10,15-17H,8-9,11-13H2. The van der Waals surface area contributed by atoms with Gasteiger partial charge in [-0.15, -0.1) is 0 Å². The number of benzene rings is 1. The number of halogens is 1. The van der Waals surface area contributed by atoms with Crippen LogP contribution in [-0.2, 0) is 6.54 Å². The molecule has 4 rings (SSSR count). The molecule has 2 aliphatic heterocycles. The number of hydrogen-bond donors (Lipinski definition) is 0. The second-order valence-electron chi connectivity index (χ2n) is 6.92. The van der Waals surface area contributed by atoms with Gasteiger partial charge in [-0.3, -0.25) is 9.69 Å². The summed E-state index contributed by atoms with van der Waals surface area (Å²) in [6, 6.07) is 14.5. The largest absolute Gasteiger partial charge is 0.294 e. The average molecular weight is 324 g/mol. The highest BCUT2D eigenvalue weighted by molar-refractivity contribution is 5.97. The van der Waals surface area contributed by atoms with Crippen LogP contribution in [0.15, 0.2) is 48.7 Å². The Bertz CT molecular complexity index is 719. The normalized spacial score (nSPS) is 26.5. The van der Waals surface area contributed by atoms with E-state index in [4.69, 9.17) is 0 Å². The minimum absolute atomic E-state index is 0.0724. The van der Waals surface area contributed by atoms with Crippen LogP contribution in [0.4, 0.5) is 4.39 Å². The maximum atomic E-state index is 13.8. The van der Waals surface area contributed by atoms with Crippen LogP contribution in [0.3, 0.4) is 0 Å². The highest BCUT2D eigenvalue weighted by Gasteiger charge is 2.43. The molecule has 2 aliphatic rings. The van der Waals surface area contributed by atoms with Crippen molar-refractivity contribution < 1.29 is 9.18 Å². The first kappa shape index (κ1) is 15.5. The van der Waals surface area contributed by atoms with Gasteiger partial charge < -0.3 is 0 Å². The van der Waals surface area contributed by atoms with Crippen molar-refractivity contribution in [3.63, 3.8) is 0 Å². The number of rotatable bonds is 4. The summed E-state index contributed by atoms with van der Waals surface area (Å²) < 4.78 is 13.8. The molecule has 0 aliphatic carbocycles. The molecule has 0 amide bonds. The van der Waals surface area contributed by atoms with Crippen molar-refractivity contribution >= 4 is 5.78 Å². The first-order chi connectivity index (χ1) is 11.7. The molecule has 2 aromatic rings. The van der Waals surface area contributed by atoms with E-state index in [9.17, 15) is 9.18 Å². The van der Waals surface area contributed by atoms with Gasteiger partial charge in [-0.25, -0.2) is 4.98 Å². The smallest absolute Gasteiger partial charge is 0.223 e. The fraction of sp³-hybridized carbons (Fsp3) is 0.400. The zero-order chi connectivity index (χ0) is 16.5. The van der Waals surface area contributed by atoms with Gasteiger partial charge >= 0.3 is 0 Å². The second kappa shape index (κ2) is 6.44. The number of fused-ring (bicyclic) bond motifs is 2. The van der Waals surface area contributed by atoms with Crippen molar-refractivity contribution in [2.75, 3.05) is 0 Å². The van der Waals surface area contributed by atoms with Crippen LogP contribution in [0, 0.1) is 11.9 Å². The molecule has 0 radical (unpaired) electrons. The van der Waals surface area contributed by atoms with Crippen LogP contribution in [-0.4, -0.2) is 27.8 Å². The van der Waals surface area contributed by atoms with E-state index >= 15 is 0 Å². The van der Waals surface area contributed by atoms with Gasteiger partial charge in [0.1, 0.15) is 0 Å². The maximum absolute atomic E-state index is 13.8. The zero-order valence-electron chi connectivity index (χ0n) is 13.6. The predicted octanol–water partition coefficient (Wildman–Crippen LogP) is 3.85. The first-order valence-corrected chi connectivity index (χ1v) is 8.67. The SMILES string of the molecule is O=C(c1cccnc1F)C1CC2CCC(C1)N2Cc1ccccc1. The van der Waals surface area contributed by atoms with Crippen LogP contribution in [0.25, 0.3) is 0 Å². The lowest BCUT2D eigenvalue weighted by atomic mass is 9.85. The van der Waals surface area contributed by atoms with E-state index in [0.717, 1.165) is 32.2 Å². The first-order valence-electron chi connectivity index (χ1n) is 8.67. The third-order valence-corrected chi connectivity index (χ3v) is 5.49. The van der Waals surface area contributed by atoms with Gasteiger partial charge in [0.2, 0.25) is 5.95 Å². The van der Waals surface area contributed by atoms with Crippen molar-refractivity contribution in [2.45, 2.75) is 44.3 Å². The van der Waals surface area contributed by atoms with Crippen molar-refractivity contribution in [2.24, 2.45) is 5.92 Å². The lowest BCUT2D eigenvalue weighted by Gasteiger charge is -2.38. The molecule has 2 atom stereocenters. The van der Waals surface area contributed by atoms with Crippen molar-refractivity contribution in [3.8, 4) is 0 Å². The van der Waals surface area contributed by atoms with E-state index in [-0.39, 0.29) is 17.3 Å². The van der Waals surface area contributed by atoms with Crippen LogP contribution in [0.2, 0.25) is 0 Å². The number of carbonyl (C=O) groups is 1. The molecular formula is C20H21FN2O. The van der Waals surface area contributed by atoms with E-state index in [1.54, 1.807) is 12.1 Å². The highest BCUT2D eigenvalue weighted by atomic mass is 19.1. The van der Waals surface area contributed by atoms with Crippen molar-refractivity contribution in [1.29, 1.82) is 0 Å². The minimum atomic E-state index is -0.637. The monoisotopic (exact) mass is 324 g/mol. The third kappa shape index (κ3) is 2.86. The molecule has 3 heterocycles. The van der Waals surface area contributed by atoms with Gasteiger partial charge in [-0.1, -0.05) is 30.3 Å². The molecule has 2 saturated heterocycles. The topological polar surface area (TPSA) is 33.2 Å². The number of nitrogens with zero attached hydrogens (tertiary/aromatic N) is 2. The predicted molar refractivity (Wildman–Crippen MR) is 90.0 cm³/mol. The van der Waals surface area contributed by atoms with E-state index in [1.807, 2.05) is 6.07 Å². The Labute approximate surface area is 141 Å². The van der Waals surface area contributed by atoms with Crippen molar-refractivity contribution in [3.05, 3.63) is 65.7 Å². The molecule has 124 valence electrons. The molecular weight excluding hydrogens is 303 g/mol. The van der Waals surface area contributed by atoms with Crippen LogP contribution in [0.1, 0.15) is 41.6 Å². The zero-order valence-corrected chi connectivity index (χ0v) is 13.6. The molecule has 2 fully saturated rings. The fourth-order valence-corrected chi connectivity index (χ4v) is 4.33. The summed E-state index contributed by atoms with van der Waals surface area (Å²) >= 11 is 0. The number of carbonyl (C=O) groups excluding carboxylic acids is 1. The highest BCUT2D eigenvalue weighted by Crippen LogP contribution is 2.40. The van der Waals surface area contributed by atoms with Gasteiger partial charge in [0.25, 0.3) is 0 Å². The lowest BCUT2D eigenvalue weighted by Crippen LogP contribution is -2.44. The summed E-state index contributed by atoms with van der Waals surface area (Å²) in [5.74, 6) is -0.786. The summed E-state index contributed by atoms with van der Waals surface area (Å²) in [6.07, 6.45) is 5.32. The molecule has 24 heavy (non-hydrogen) atoms. The van der Waals surface area contributed by atoms with Gasteiger partial charge in [0.05, 0.1) is 5.56 Å². The Hall–Kier alpha value is -2.07. The Balaban J connectivity index is 1.48. The molecule has 2 unspecified atom stereocenters. The average Bonchev–Trinajstić information content (AvgIpc) is 2.83. The number of Topliss-reactive ketones (excluding diaryl/α,β-unsaturated/α-hetero) is 1. The molecule has 2 bridgehead atoms. The van der Waals surface area contributed by atoms with E-state index < -0.39 is 5.95 Å². The number of pyridine rings is 1. The summed E-state index contributed by atoms with van der Waals surface area (Å²) in [7, 11) is 0. The van der Waals surface area contributed by atoms with Crippen LogP contribution in [0.5, 0.6) is 0 Å². The third-order valence-electron chi connectivity index (χ3n) is 5.49. The molecule has 1 aromatic carbocycles. The number of piperidine rings is 1. The molecule has 1 aromatic heterocycles. The number of ketones is 1. The molecule has 4 heteroatoms. The number of aromatic nitrogens is 1. The Morgan fingerprint density at radius 3 is 2.46 bits per heavy atom. The summed E-state index contributed by atoms with van der Waals surface area (Å²) in [4.78, 5) is 18.9. The quantitative estimate of drug-likeness (QED) is 0.633. The van der Waals surface area contributed by atoms with Crippen LogP contribution < -0.4 is 0 Å². The van der Waals surface area contributed by atoms with E-state index in [1.165, 1.54) is 11.8 Å². The molecule has 0 spiro atoms. The Kier molecular flexibility index (Phi) is 4.15. The minimum Gasteiger partial charge on any atom is -0.294 e. The number of hydrogen-bond acceptors (Lipinski definition) is 3. The fourth-order valence-electron chi connectivity index (χ4n) is 4.33. The van der Waals surface area contributed by atoms with E-state index in [0.29, 0.717) is 12.1 Å². The van der Waals surface area contributed by atoms with Gasteiger partial charge in [0, 0.05) is 30.7 Å². The summed E-state index contributed by atoms with van der Waals surface area (Å²) in [5, 5.41) is 0. The summed E-state index contributed by atoms with van der Waals surface area (Å²) in [6.45, 7) is 0.943. The van der Waals surface area contributed by atoms with Crippen LogP contribution >= 0.6 is 0 Å².